The van der Waals surface area contributed by atoms with Crippen molar-refractivity contribution in [2.75, 3.05) is 7.11 Å². The molecule has 1 aromatic heterocycles. The standard InChI is InChI=1S/C16H15FN2O4/c1-23-16(22)10-6-7-19-12(8-10)13(15(20)21)18-14(19)9-2-4-11(17)5-3-9/h2-5,10H,6-8H2,1H3,(H,20,21). The predicted molar refractivity (Wildman–Crippen MR) is 78.4 cm³/mol. The molecular weight excluding hydrogens is 303 g/mol. The number of esters is 1. The van der Waals surface area contributed by atoms with Crippen molar-refractivity contribution in [2.45, 2.75) is 19.4 Å². The van der Waals surface area contributed by atoms with Crippen molar-refractivity contribution >= 4 is 11.9 Å². The largest absolute Gasteiger partial charge is 0.476 e. The van der Waals surface area contributed by atoms with Crippen molar-refractivity contribution in [2.24, 2.45) is 5.92 Å². The van der Waals surface area contributed by atoms with E-state index in [4.69, 9.17) is 4.74 Å². The fourth-order valence-electron chi connectivity index (χ4n) is 2.91. The Morgan fingerprint density at radius 3 is 2.65 bits per heavy atom. The van der Waals surface area contributed by atoms with E-state index < -0.39 is 5.97 Å². The molecule has 23 heavy (non-hydrogen) atoms. The van der Waals surface area contributed by atoms with E-state index >= 15 is 0 Å². The molecule has 0 radical (unpaired) electrons. The average Bonchev–Trinajstić information content (AvgIpc) is 2.93. The fraction of sp³-hybridized carbons (Fsp3) is 0.312. The molecule has 0 saturated carbocycles. The van der Waals surface area contributed by atoms with E-state index in [1.165, 1.54) is 19.2 Å². The number of nitrogens with zero attached hydrogens (tertiary/aromatic N) is 2. The predicted octanol–water partition coefficient (Wildman–Crippen LogP) is 2.12. The second-order valence-corrected chi connectivity index (χ2v) is 5.41. The van der Waals surface area contributed by atoms with Gasteiger partial charge in [0.15, 0.2) is 5.69 Å². The van der Waals surface area contributed by atoms with E-state index in [9.17, 15) is 19.1 Å². The number of aromatic nitrogens is 2. The maximum atomic E-state index is 13.1. The molecule has 2 aromatic rings. The van der Waals surface area contributed by atoms with Gasteiger partial charge < -0.3 is 14.4 Å². The molecule has 2 heterocycles. The van der Waals surface area contributed by atoms with Crippen LogP contribution in [0.25, 0.3) is 11.4 Å². The number of hydrogen-bond donors (Lipinski definition) is 1. The first-order valence-electron chi connectivity index (χ1n) is 7.17. The van der Waals surface area contributed by atoms with E-state index in [0.717, 1.165) is 0 Å². The molecule has 0 amide bonds. The third-order valence-electron chi connectivity index (χ3n) is 4.05. The molecule has 1 aromatic carbocycles. The third kappa shape index (κ3) is 2.69. The number of carbonyl (C=O) groups is 2. The summed E-state index contributed by atoms with van der Waals surface area (Å²) >= 11 is 0. The van der Waals surface area contributed by atoms with Crippen molar-refractivity contribution in [3.63, 3.8) is 0 Å². The van der Waals surface area contributed by atoms with Crippen molar-refractivity contribution in [1.29, 1.82) is 0 Å². The van der Waals surface area contributed by atoms with Crippen LogP contribution in [0.3, 0.4) is 0 Å². The van der Waals surface area contributed by atoms with Gasteiger partial charge in [0.25, 0.3) is 0 Å². The van der Waals surface area contributed by atoms with Crippen LogP contribution in [0.15, 0.2) is 24.3 Å². The first-order chi connectivity index (χ1) is 11.0. The molecule has 0 fully saturated rings. The Labute approximate surface area is 131 Å². The number of carboxylic acid groups (broad SMARTS) is 1. The quantitative estimate of drug-likeness (QED) is 0.877. The number of rotatable bonds is 3. The molecule has 1 aliphatic heterocycles. The van der Waals surface area contributed by atoms with E-state index in [1.54, 1.807) is 16.7 Å². The zero-order valence-electron chi connectivity index (χ0n) is 12.5. The number of methoxy groups -OCH3 is 1. The van der Waals surface area contributed by atoms with Gasteiger partial charge in [0.1, 0.15) is 11.6 Å². The second kappa shape index (κ2) is 5.83. The number of hydrogen-bond acceptors (Lipinski definition) is 4. The Kier molecular flexibility index (Phi) is 3.85. The molecule has 120 valence electrons. The minimum Gasteiger partial charge on any atom is -0.476 e. The zero-order chi connectivity index (χ0) is 16.6. The van der Waals surface area contributed by atoms with Gasteiger partial charge in [-0.1, -0.05) is 0 Å². The Bertz CT molecular complexity index is 767. The maximum Gasteiger partial charge on any atom is 0.356 e. The first-order valence-corrected chi connectivity index (χ1v) is 7.17. The molecule has 0 saturated heterocycles. The smallest absolute Gasteiger partial charge is 0.356 e. The number of imidazole rings is 1. The highest BCUT2D eigenvalue weighted by atomic mass is 19.1. The highest BCUT2D eigenvalue weighted by Gasteiger charge is 2.32. The van der Waals surface area contributed by atoms with Gasteiger partial charge in [-0.2, -0.15) is 0 Å². The summed E-state index contributed by atoms with van der Waals surface area (Å²) in [5.74, 6) is -1.77. The lowest BCUT2D eigenvalue weighted by molar-refractivity contribution is -0.146. The summed E-state index contributed by atoms with van der Waals surface area (Å²) in [5.41, 5.74) is 1.06. The molecule has 0 bridgehead atoms. The van der Waals surface area contributed by atoms with Crippen molar-refractivity contribution in [3.05, 3.63) is 41.5 Å². The maximum absolute atomic E-state index is 13.1. The Hall–Kier alpha value is -2.70. The van der Waals surface area contributed by atoms with Crippen LogP contribution in [-0.2, 0) is 22.5 Å². The molecule has 1 aliphatic rings. The minimum atomic E-state index is -1.15. The van der Waals surface area contributed by atoms with Crippen LogP contribution < -0.4 is 0 Å². The number of aromatic carboxylic acids is 1. The van der Waals surface area contributed by atoms with Crippen molar-refractivity contribution in [1.82, 2.24) is 9.55 Å². The zero-order valence-corrected chi connectivity index (χ0v) is 12.5. The minimum absolute atomic E-state index is 0.0714. The van der Waals surface area contributed by atoms with Crippen LogP contribution in [0.1, 0.15) is 22.6 Å². The van der Waals surface area contributed by atoms with E-state index in [2.05, 4.69) is 4.98 Å². The normalized spacial score (nSPS) is 16.7. The van der Waals surface area contributed by atoms with Crippen LogP contribution in [0, 0.1) is 11.7 Å². The van der Waals surface area contributed by atoms with Crippen LogP contribution in [0.4, 0.5) is 4.39 Å². The molecule has 1 atom stereocenters. The lowest BCUT2D eigenvalue weighted by atomic mass is 9.95. The number of ether oxygens (including phenoxy) is 1. The summed E-state index contributed by atoms with van der Waals surface area (Å²) < 4.78 is 19.6. The molecule has 0 aliphatic carbocycles. The number of carboxylic acids is 1. The topological polar surface area (TPSA) is 81.4 Å². The van der Waals surface area contributed by atoms with Crippen molar-refractivity contribution < 1.29 is 23.8 Å². The summed E-state index contributed by atoms with van der Waals surface area (Å²) in [6.45, 7) is 0.460. The van der Waals surface area contributed by atoms with Crippen LogP contribution in [-0.4, -0.2) is 33.7 Å². The van der Waals surface area contributed by atoms with Gasteiger partial charge in [0, 0.05) is 18.5 Å². The van der Waals surface area contributed by atoms with Crippen LogP contribution in [0.2, 0.25) is 0 Å². The summed E-state index contributed by atoms with van der Waals surface area (Å²) in [4.78, 5) is 27.4. The SMILES string of the molecule is COC(=O)C1CCn2c(-c3ccc(F)cc3)nc(C(=O)O)c2C1. The molecule has 1 unspecified atom stereocenters. The Morgan fingerprint density at radius 2 is 2.04 bits per heavy atom. The van der Waals surface area contributed by atoms with Gasteiger partial charge in [-0.05, 0) is 30.7 Å². The van der Waals surface area contributed by atoms with E-state index in [1.807, 2.05) is 0 Å². The van der Waals surface area contributed by atoms with Crippen LogP contribution in [0.5, 0.6) is 0 Å². The summed E-state index contributed by atoms with van der Waals surface area (Å²) in [7, 11) is 1.32. The highest BCUT2D eigenvalue weighted by Crippen LogP contribution is 2.30. The summed E-state index contributed by atoms with van der Waals surface area (Å²) in [6.07, 6.45) is 0.811. The monoisotopic (exact) mass is 318 g/mol. The van der Waals surface area contributed by atoms with Gasteiger partial charge in [0.05, 0.1) is 18.7 Å². The van der Waals surface area contributed by atoms with Gasteiger partial charge in [0.2, 0.25) is 0 Å². The lowest BCUT2D eigenvalue weighted by Gasteiger charge is -2.23. The van der Waals surface area contributed by atoms with E-state index in [0.29, 0.717) is 30.0 Å². The van der Waals surface area contributed by atoms with E-state index in [-0.39, 0.29) is 29.8 Å². The third-order valence-corrected chi connectivity index (χ3v) is 4.05. The lowest BCUT2D eigenvalue weighted by Crippen LogP contribution is -2.27. The Morgan fingerprint density at radius 1 is 1.35 bits per heavy atom. The average molecular weight is 318 g/mol. The number of fused-ring (bicyclic) bond motifs is 1. The highest BCUT2D eigenvalue weighted by molar-refractivity contribution is 5.88. The first kappa shape index (κ1) is 15.2. The van der Waals surface area contributed by atoms with Gasteiger partial charge in [-0.15, -0.1) is 0 Å². The molecular formula is C16H15FN2O4. The molecule has 7 heteroatoms. The number of halogens is 1. The summed E-state index contributed by atoms with van der Waals surface area (Å²) in [6, 6.07) is 5.72. The molecule has 1 N–H and O–H groups in total. The Balaban J connectivity index is 2.06. The summed E-state index contributed by atoms with van der Waals surface area (Å²) in [5, 5.41) is 9.38. The van der Waals surface area contributed by atoms with Crippen LogP contribution >= 0.6 is 0 Å². The number of carbonyl (C=O) groups excluding carboxylic acids is 1. The van der Waals surface area contributed by atoms with Gasteiger partial charge in [-0.25, -0.2) is 14.2 Å². The van der Waals surface area contributed by atoms with Crippen molar-refractivity contribution in [3.8, 4) is 11.4 Å². The fourth-order valence-corrected chi connectivity index (χ4v) is 2.91. The van der Waals surface area contributed by atoms with Gasteiger partial charge in [-0.3, -0.25) is 4.79 Å². The molecule has 6 nitrogen and oxygen atoms in total. The number of benzene rings is 1. The molecule has 3 rings (SSSR count). The second-order valence-electron chi connectivity index (χ2n) is 5.41. The van der Waals surface area contributed by atoms with Gasteiger partial charge >= 0.3 is 11.9 Å². The molecule has 0 spiro atoms.